The number of aromatic nitrogens is 3. The lowest BCUT2D eigenvalue weighted by Crippen LogP contribution is -2.47. The second-order valence-electron chi connectivity index (χ2n) is 8.47. The molecule has 1 aromatic heterocycles. The normalized spacial score (nSPS) is 22.9. The maximum Gasteiger partial charge on any atom is 0.191 e. The third-order valence-electron chi connectivity index (χ3n) is 5.69. The fourth-order valence-corrected chi connectivity index (χ4v) is 3.98. The van der Waals surface area contributed by atoms with Gasteiger partial charge in [-0.15, -0.1) is 34.2 Å². The predicted octanol–water partition coefficient (Wildman–Crippen LogP) is 2.08. The maximum atomic E-state index is 5.75. The molecule has 166 valence electrons. The number of likely N-dealkylation sites (tertiary alicyclic amines) is 1. The molecule has 9 heteroatoms. The van der Waals surface area contributed by atoms with Crippen LogP contribution in [0, 0.1) is 12.8 Å². The summed E-state index contributed by atoms with van der Waals surface area (Å²) in [5.74, 6) is 3.32. The van der Waals surface area contributed by atoms with Gasteiger partial charge in [-0.3, -0.25) is 4.90 Å². The predicted molar refractivity (Wildman–Crippen MR) is 127 cm³/mol. The Morgan fingerprint density at radius 2 is 2.00 bits per heavy atom. The summed E-state index contributed by atoms with van der Waals surface area (Å²) in [6.07, 6.45) is 5.09. The number of rotatable bonds is 8. The Morgan fingerprint density at radius 1 is 1.21 bits per heavy atom. The largest absolute Gasteiger partial charge is 0.376 e. The fourth-order valence-electron chi connectivity index (χ4n) is 3.98. The van der Waals surface area contributed by atoms with Crippen LogP contribution in [0.1, 0.15) is 51.2 Å². The summed E-state index contributed by atoms with van der Waals surface area (Å²) in [6, 6.07) is 0.578. The van der Waals surface area contributed by atoms with E-state index in [1.165, 1.54) is 25.9 Å². The first-order chi connectivity index (χ1) is 13.5. The molecule has 2 saturated heterocycles. The molecule has 8 nitrogen and oxygen atoms in total. The zero-order chi connectivity index (χ0) is 19.9. The number of nitrogens with zero attached hydrogens (tertiary/aromatic N) is 5. The number of guanidine groups is 1. The fraction of sp³-hybridized carbons (Fsp3) is 0.850. The topological polar surface area (TPSA) is 79.6 Å². The van der Waals surface area contributed by atoms with Crippen LogP contribution in [0.25, 0.3) is 0 Å². The molecule has 0 saturated carbocycles. The lowest BCUT2D eigenvalue weighted by molar-refractivity contribution is 0.113. The summed E-state index contributed by atoms with van der Waals surface area (Å²) in [5, 5.41) is 15.4. The number of aryl methyl sites for hydroxylation is 1. The molecule has 2 atom stereocenters. The van der Waals surface area contributed by atoms with Gasteiger partial charge >= 0.3 is 0 Å². The summed E-state index contributed by atoms with van der Waals surface area (Å²) in [5.41, 5.74) is 0. The molecule has 2 aliphatic heterocycles. The summed E-state index contributed by atoms with van der Waals surface area (Å²) in [7, 11) is 1.98. The van der Waals surface area contributed by atoms with Gasteiger partial charge in [0.05, 0.1) is 6.10 Å². The summed E-state index contributed by atoms with van der Waals surface area (Å²) >= 11 is 0. The number of nitrogens with one attached hydrogen (secondary N) is 2. The Bertz CT molecular complexity index is 643. The third-order valence-corrected chi connectivity index (χ3v) is 5.69. The number of halogens is 1. The smallest absolute Gasteiger partial charge is 0.191 e. The van der Waals surface area contributed by atoms with Crippen molar-refractivity contribution in [3.63, 3.8) is 0 Å². The van der Waals surface area contributed by atoms with E-state index in [1.807, 2.05) is 18.5 Å². The van der Waals surface area contributed by atoms with Crippen LogP contribution in [0.5, 0.6) is 0 Å². The monoisotopic (exact) mass is 519 g/mol. The van der Waals surface area contributed by atoms with E-state index in [0.717, 1.165) is 50.1 Å². The lowest BCUT2D eigenvalue weighted by atomic mass is 10.1. The molecular formula is C20H38IN7O. The van der Waals surface area contributed by atoms with Crippen LogP contribution in [0.4, 0.5) is 0 Å². The molecule has 29 heavy (non-hydrogen) atoms. The van der Waals surface area contributed by atoms with Crippen molar-refractivity contribution >= 4 is 29.9 Å². The average molecular weight is 519 g/mol. The van der Waals surface area contributed by atoms with Crippen LogP contribution in [0.15, 0.2) is 4.99 Å². The molecule has 0 spiro atoms. The molecule has 1 unspecified atom stereocenters. The molecule has 0 bridgehead atoms. The Morgan fingerprint density at radius 3 is 2.66 bits per heavy atom. The third kappa shape index (κ3) is 7.36. The maximum absolute atomic E-state index is 5.75. The van der Waals surface area contributed by atoms with Gasteiger partial charge in [-0.2, -0.15) is 0 Å². The molecule has 0 aliphatic carbocycles. The van der Waals surface area contributed by atoms with Crippen LogP contribution in [-0.2, 0) is 18.3 Å². The van der Waals surface area contributed by atoms with Gasteiger partial charge in [0.1, 0.15) is 12.4 Å². The van der Waals surface area contributed by atoms with E-state index in [2.05, 4.69) is 39.6 Å². The van der Waals surface area contributed by atoms with E-state index >= 15 is 0 Å². The number of aliphatic imine (C=N–C) groups is 1. The highest BCUT2D eigenvalue weighted by molar-refractivity contribution is 14.0. The van der Waals surface area contributed by atoms with E-state index in [9.17, 15) is 0 Å². The quantitative estimate of drug-likeness (QED) is 0.311. The molecular weight excluding hydrogens is 481 g/mol. The van der Waals surface area contributed by atoms with Gasteiger partial charge in [0.25, 0.3) is 0 Å². The van der Waals surface area contributed by atoms with Crippen molar-refractivity contribution in [1.29, 1.82) is 0 Å². The molecule has 3 rings (SSSR count). The molecule has 1 aromatic rings. The van der Waals surface area contributed by atoms with E-state index in [1.54, 1.807) is 0 Å². The lowest BCUT2D eigenvalue weighted by Gasteiger charge is -2.27. The van der Waals surface area contributed by atoms with Gasteiger partial charge in [-0.1, -0.05) is 13.8 Å². The van der Waals surface area contributed by atoms with Gasteiger partial charge in [0.2, 0.25) is 0 Å². The van der Waals surface area contributed by atoms with E-state index in [-0.39, 0.29) is 30.1 Å². The molecule has 3 heterocycles. The highest BCUT2D eigenvalue weighted by Crippen LogP contribution is 2.18. The van der Waals surface area contributed by atoms with E-state index < -0.39 is 0 Å². The minimum Gasteiger partial charge on any atom is -0.376 e. The van der Waals surface area contributed by atoms with Crippen molar-refractivity contribution in [2.45, 2.75) is 65.1 Å². The first kappa shape index (κ1) is 24.3. The Labute approximate surface area is 192 Å². The van der Waals surface area contributed by atoms with Crippen molar-refractivity contribution in [2.24, 2.45) is 18.0 Å². The second-order valence-corrected chi connectivity index (χ2v) is 8.47. The summed E-state index contributed by atoms with van der Waals surface area (Å²) in [6.45, 7) is 12.0. The van der Waals surface area contributed by atoms with Gasteiger partial charge in [-0.25, -0.2) is 4.99 Å². The van der Waals surface area contributed by atoms with Crippen LogP contribution in [0.2, 0.25) is 0 Å². The minimum atomic E-state index is 0. The van der Waals surface area contributed by atoms with Crippen molar-refractivity contribution in [1.82, 2.24) is 30.3 Å². The average Bonchev–Trinajstić information content (AvgIpc) is 3.39. The van der Waals surface area contributed by atoms with Crippen molar-refractivity contribution in [3.8, 4) is 0 Å². The van der Waals surface area contributed by atoms with Crippen LogP contribution in [0.3, 0.4) is 0 Å². The van der Waals surface area contributed by atoms with Crippen molar-refractivity contribution in [3.05, 3.63) is 11.6 Å². The van der Waals surface area contributed by atoms with Gasteiger partial charge in [0.15, 0.2) is 11.8 Å². The number of ether oxygens (including phenoxy) is 1. The second kappa shape index (κ2) is 12.0. The zero-order valence-corrected chi connectivity index (χ0v) is 20.7. The molecule has 0 amide bonds. The van der Waals surface area contributed by atoms with E-state index in [4.69, 9.17) is 9.73 Å². The Hall–Kier alpha value is -0.940. The standard InChI is InChI=1S/C20H37N7O.HI/c1-15(2)14-27-9-5-7-17(27)11-21-20(22-12-18-8-6-10-28-18)23-13-19-25-24-16(3)26(19)4;/h15,17-18H,5-14H2,1-4H3,(H2,21,22,23);1H/t17-,18?;/m1./s1. The zero-order valence-electron chi connectivity index (χ0n) is 18.4. The SMILES string of the molecule is Cc1nnc(CN=C(NCC2CCCO2)NC[C@H]2CCCN2CC(C)C)n1C.I. The van der Waals surface area contributed by atoms with E-state index in [0.29, 0.717) is 18.5 Å². The van der Waals surface area contributed by atoms with Crippen molar-refractivity contribution in [2.75, 3.05) is 32.8 Å². The molecule has 2 aliphatic rings. The number of hydrogen-bond donors (Lipinski definition) is 2. The molecule has 0 aromatic carbocycles. The van der Waals surface area contributed by atoms with Gasteiger partial charge in [0, 0.05) is 39.3 Å². The molecule has 2 N–H and O–H groups in total. The summed E-state index contributed by atoms with van der Waals surface area (Å²) < 4.78 is 7.74. The van der Waals surface area contributed by atoms with Crippen LogP contribution in [-0.4, -0.2) is 70.6 Å². The summed E-state index contributed by atoms with van der Waals surface area (Å²) in [4.78, 5) is 7.39. The molecule has 0 radical (unpaired) electrons. The first-order valence-corrected chi connectivity index (χ1v) is 10.8. The van der Waals surface area contributed by atoms with Gasteiger partial charge in [-0.05, 0) is 45.1 Å². The van der Waals surface area contributed by atoms with Crippen molar-refractivity contribution < 1.29 is 4.74 Å². The highest BCUT2D eigenvalue weighted by atomic mass is 127. The Kier molecular flexibility index (Phi) is 10.1. The van der Waals surface area contributed by atoms with Crippen LogP contribution < -0.4 is 10.6 Å². The van der Waals surface area contributed by atoms with Gasteiger partial charge < -0.3 is 19.9 Å². The number of hydrogen-bond acceptors (Lipinski definition) is 5. The molecule has 2 fully saturated rings. The highest BCUT2D eigenvalue weighted by Gasteiger charge is 2.25. The Balaban J connectivity index is 0.00000300. The van der Waals surface area contributed by atoms with Crippen LogP contribution >= 0.6 is 24.0 Å². The minimum absolute atomic E-state index is 0. The first-order valence-electron chi connectivity index (χ1n) is 10.8.